The van der Waals surface area contributed by atoms with Crippen molar-refractivity contribution in [1.82, 2.24) is 0 Å². The number of thioether (sulfide) groups is 1. The number of nitrogens with one attached hydrogen (secondary N) is 1. The van der Waals surface area contributed by atoms with Crippen LogP contribution >= 0.6 is 11.8 Å². The summed E-state index contributed by atoms with van der Waals surface area (Å²) in [7, 11) is 0. The van der Waals surface area contributed by atoms with Gasteiger partial charge in [0, 0.05) is 10.6 Å². The first-order valence-corrected chi connectivity index (χ1v) is 7.30. The van der Waals surface area contributed by atoms with Gasteiger partial charge in [0.2, 0.25) is 5.91 Å². The zero-order valence-corrected chi connectivity index (χ0v) is 12.5. The average Bonchev–Trinajstić information content (AvgIpc) is 2.51. The molecule has 2 aromatic carbocycles. The number of anilines is 1. The molecule has 1 N–H and O–H groups in total. The molecule has 0 aliphatic carbocycles. The monoisotopic (exact) mass is 318 g/mol. The minimum Gasteiger partial charge on any atom is -0.325 e. The second-order valence-corrected chi connectivity index (χ2v) is 5.90. The summed E-state index contributed by atoms with van der Waals surface area (Å²) >= 11 is 0.930. The van der Waals surface area contributed by atoms with Crippen LogP contribution in [0.1, 0.15) is 12.5 Å². The second kappa shape index (κ2) is 7.05. The second-order valence-electron chi connectivity index (χ2n) is 4.52. The number of rotatable bonds is 4. The third-order valence-corrected chi connectivity index (χ3v) is 3.96. The molecule has 2 rings (SSSR count). The highest BCUT2D eigenvalue weighted by Crippen LogP contribution is 2.27. The molecular weight excluding hydrogens is 306 g/mol. The van der Waals surface area contributed by atoms with E-state index in [9.17, 15) is 13.6 Å². The lowest BCUT2D eigenvalue weighted by atomic mass is 10.2. The van der Waals surface area contributed by atoms with Gasteiger partial charge in [-0.25, -0.2) is 8.78 Å². The summed E-state index contributed by atoms with van der Waals surface area (Å²) in [6.45, 7) is 1.60. The van der Waals surface area contributed by atoms with E-state index in [-0.39, 0.29) is 10.8 Å². The third-order valence-electron chi connectivity index (χ3n) is 2.83. The number of benzene rings is 2. The van der Waals surface area contributed by atoms with Gasteiger partial charge in [0.05, 0.1) is 16.9 Å². The van der Waals surface area contributed by atoms with Crippen LogP contribution in [0.5, 0.6) is 0 Å². The molecule has 0 fully saturated rings. The Bertz CT molecular complexity index is 743. The molecule has 0 unspecified atom stereocenters. The minimum absolute atomic E-state index is 0.0772. The van der Waals surface area contributed by atoms with Gasteiger partial charge in [0.25, 0.3) is 0 Å². The molecule has 1 amide bonds. The van der Waals surface area contributed by atoms with Crippen molar-refractivity contribution in [1.29, 1.82) is 5.26 Å². The molecule has 0 aliphatic heterocycles. The molecule has 112 valence electrons. The normalized spacial score (nSPS) is 11.5. The fourth-order valence-electron chi connectivity index (χ4n) is 1.72. The topological polar surface area (TPSA) is 52.9 Å². The van der Waals surface area contributed by atoms with Crippen molar-refractivity contribution in [2.24, 2.45) is 0 Å². The van der Waals surface area contributed by atoms with Gasteiger partial charge >= 0.3 is 0 Å². The van der Waals surface area contributed by atoms with Crippen LogP contribution in [0.4, 0.5) is 14.5 Å². The standard InChI is InChI=1S/C16H12F2N2OS/c1-10(22-15-8-12(17)5-6-14(15)18)16(21)20-13-4-2-3-11(7-13)9-19/h2-8,10H,1H3,(H,20,21)/t10-/m0/s1. The van der Waals surface area contributed by atoms with Gasteiger partial charge < -0.3 is 5.32 Å². The van der Waals surface area contributed by atoms with E-state index in [4.69, 9.17) is 5.26 Å². The Labute approximate surface area is 131 Å². The Hall–Kier alpha value is -2.39. The molecule has 1 atom stereocenters. The fraction of sp³-hybridized carbons (Fsp3) is 0.125. The number of carbonyl (C=O) groups excluding carboxylic acids is 1. The SMILES string of the molecule is C[C@H](Sc1cc(F)ccc1F)C(=O)Nc1cccc(C#N)c1. The fourth-order valence-corrected chi connectivity index (χ4v) is 2.63. The van der Waals surface area contributed by atoms with Gasteiger partial charge in [-0.2, -0.15) is 5.26 Å². The van der Waals surface area contributed by atoms with Crippen molar-refractivity contribution in [3.05, 3.63) is 59.7 Å². The van der Waals surface area contributed by atoms with Crippen LogP contribution in [0.2, 0.25) is 0 Å². The lowest BCUT2D eigenvalue weighted by molar-refractivity contribution is -0.115. The first-order chi connectivity index (χ1) is 10.5. The largest absolute Gasteiger partial charge is 0.325 e. The quantitative estimate of drug-likeness (QED) is 0.868. The predicted molar refractivity (Wildman–Crippen MR) is 81.5 cm³/mol. The Morgan fingerprint density at radius 3 is 2.77 bits per heavy atom. The number of hydrogen-bond acceptors (Lipinski definition) is 3. The summed E-state index contributed by atoms with van der Waals surface area (Å²) in [6, 6.07) is 11.5. The molecule has 2 aromatic rings. The number of carbonyl (C=O) groups is 1. The molecule has 0 spiro atoms. The third kappa shape index (κ3) is 4.06. The number of halogens is 2. The molecule has 0 radical (unpaired) electrons. The number of nitriles is 1. The van der Waals surface area contributed by atoms with Crippen molar-refractivity contribution in [2.75, 3.05) is 5.32 Å². The van der Waals surface area contributed by atoms with E-state index in [1.807, 2.05) is 6.07 Å². The van der Waals surface area contributed by atoms with Crippen molar-refractivity contribution in [3.8, 4) is 6.07 Å². The Balaban J connectivity index is 2.06. The van der Waals surface area contributed by atoms with Gasteiger partial charge in [0.15, 0.2) is 0 Å². The predicted octanol–water partition coefficient (Wildman–Crippen LogP) is 3.96. The maximum Gasteiger partial charge on any atom is 0.237 e. The van der Waals surface area contributed by atoms with Crippen LogP contribution < -0.4 is 5.32 Å². The number of hydrogen-bond donors (Lipinski definition) is 1. The van der Waals surface area contributed by atoms with Crippen LogP contribution in [-0.2, 0) is 4.79 Å². The van der Waals surface area contributed by atoms with E-state index in [0.29, 0.717) is 11.3 Å². The molecule has 0 aromatic heterocycles. The van der Waals surface area contributed by atoms with Crippen LogP contribution in [0.15, 0.2) is 47.4 Å². The van der Waals surface area contributed by atoms with Crippen molar-refractivity contribution in [2.45, 2.75) is 17.1 Å². The molecule has 0 aliphatic rings. The highest BCUT2D eigenvalue weighted by Gasteiger charge is 2.17. The van der Waals surface area contributed by atoms with E-state index in [1.54, 1.807) is 25.1 Å². The summed E-state index contributed by atoms with van der Waals surface area (Å²) in [5, 5.41) is 10.8. The molecule has 0 saturated carbocycles. The van der Waals surface area contributed by atoms with E-state index >= 15 is 0 Å². The van der Waals surface area contributed by atoms with Gasteiger partial charge in [0.1, 0.15) is 11.6 Å². The summed E-state index contributed by atoms with van der Waals surface area (Å²) in [4.78, 5) is 12.2. The van der Waals surface area contributed by atoms with Crippen LogP contribution in [0.3, 0.4) is 0 Å². The van der Waals surface area contributed by atoms with Crippen LogP contribution in [0, 0.1) is 23.0 Å². The molecule has 0 saturated heterocycles. The molecule has 3 nitrogen and oxygen atoms in total. The van der Waals surface area contributed by atoms with Crippen molar-refractivity contribution >= 4 is 23.4 Å². The van der Waals surface area contributed by atoms with E-state index in [2.05, 4.69) is 5.32 Å². The van der Waals surface area contributed by atoms with Gasteiger partial charge in [-0.3, -0.25) is 4.79 Å². The smallest absolute Gasteiger partial charge is 0.237 e. The summed E-state index contributed by atoms with van der Waals surface area (Å²) in [6.07, 6.45) is 0. The maximum absolute atomic E-state index is 13.6. The molecule has 0 heterocycles. The lowest BCUT2D eigenvalue weighted by Crippen LogP contribution is -2.22. The van der Waals surface area contributed by atoms with Crippen LogP contribution in [-0.4, -0.2) is 11.2 Å². The summed E-state index contributed by atoms with van der Waals surface area (Å²) in [5.41, 5.74) is 0.908. The van der Waals surface area contributed by atoms with Crippen molar-refractivity contribution < 1.29 is 13.6 Å². The van der Waals surface area contributed by atoms with E-state index < -0.39 is 16.9 Å². The van der Waals surface area contributed by atoms with Crippen LogP contribution in [0.25, 0.3) is 0 Å². The Morgan fingerprint density at radius 2 is 2.05 bits per heavy atom. The van der Waals surface area contributed by atoms with E-state index in [1.165, 1.54) is 6.07 Å². The molecule has 22 heavy (non-hydrogen) atoms. The lowest BCUT2D eigenvalue weighted by Gasteiger charge is -2.12. The molecular formula is C16H12F2N2OS. The maximum atomic E-state index is 13.6. The first-order valence-electron chi connectivity index (χ1n) is 6.42. The Kier molecular flexibility index (Phi) is 5.12. The van der Waals surface area contributed by atoms with Crippen molar-refractivity contribution in [3.63, 3.8) is 0 Å². The highest BCUT2D eigenvalue weighted by atomic mass is 32.2. The zero-order chi connectivity index (χ0) is 16.1. The molecule has 6 heteroatoms. The Morgan fingerprint density at radius 1 is 1.27 bits per heavy atom. The summed E-state index contributed by atoms with van der Waals surface area (Å²) in [5.74, 6) is -1.49. The van der Waals surface area contributed by atoms with Gasteiger partial charge in [-0.15, -0.1) is 11.8 Å². The van der Waals surface area contributed by atoms with E-state index in [0.717, 1.165) is 30.0 Å². The molecule has 0 bridgehead atoms. The summed E-state index contributed by atoms with van der Waals surface area (Å²) < 4.78 is 26.7. The number of nitrogens with zero attached hydrogens (tertiary/aromatic N) is 1. The average molecular weight is 318 g/mol. The zero-order valence-electron chi connectivity index (χ0n) is 11.6. The first kappa shape index (κ1) is 16.0. The minimum atomic E-state index is -0.623. The van der Waals surface area contributed by atoms with Gasteiger partial charge in [-0.05, 0) is 43.3 Å². The van der Waals surface area contributed by atoms with Gasteiger partial charge in [-0.1, -0.05) is 6.07 Å². The number of amides is 1. The highest BCUT2D eigenvalue weighted by molar-refractivity contribution is 8.00.